The molecule has 1 aromatic heterocycles. The van der Waals surface area contributed by atoms with Crippen LogP contribution in [0, 0.1) is 6.92 Å². The van der Waals surface area contributed by atoms with Gasteiger partial charge in [0, 0.05) is 68.9 Å². The highest BCUT2D eigenvalue weighted by molar-refractivity contribution is 8.76. The van der Waals surface area contributed by atoms with Crippen LogP contribution in [-0.2, 0) is 43.2 Å². The maximum absolute atomic E-state index is 14.8. The number of carbonyl (C=O) groups excluding carboxylic acids is 10. The summed E-state index contributed by atoms with van der Waals surface area (Å²) in [6.07, 6.45) is 6.10. The van der Waals surface area contributed by atoms with Crippen molar-refractivity contribution in [2.75, 3.05) is 88.3 Å². The number of carbonyl (C=O) groups is 10. The number of aliphatic imine (C=N–C) groups is 1. The number of para-hydroxylation sites is 3. The van der Waals surface area contributed by atoms with E-state index in [0.717, 1.165) is 37.0 Å². The number of rotatable bonds is 10. The average molecular weight is 1170 g/mol. The number of benzene rings is 2. The van der Waals surface area contributed by atoms with Crippen molar-refractivity contribution >= 4 is 149 Å². The lowest BCUT2D eigenvalue weighted by Gasteiger charge is -2.35. The van der Waals surface area contributed by atoms with Gasteiger partial charge in [0.15, 0.2) is 0 Å². The summed E-state index contributed by atoms with van der Waals surface area (Å²) in [5, 5.41) is 9.39. The molecule has 3 heterocycles. The van der Waals surface area contributed by atoms with Crippen molar-refractivity contribution in [1.29, 1.82) is 0 Å². The van der Waals surface area contributed by atoms with Gasteiger partial charge in [-0.15, -0.1) is 0 Å². The zero-order valence-corrected chi connectivity index (χ0v) is 49.0. The monoisotopic (exact) mass is 1170 g/mol. The van der Waals surface area contributed by atoms with E-state index < -0.39 is 107 Å². The van der Waals surface area contributed by atoms with Gasteiger partial charge in [0.25, 0.3) is 11.8 Å². The molecule has 8 amide bonds. The number of likely N-dealkylation sites (N-methyl/N-ethyl adjacent to an activating group) is 4. The van der Waals surface area contributed by atoms with E-state index in [9.17, 15) is 47.9 Å². The summed E-state index contributed by atoms with van der Waals surface area (Å²) >= 11 is 3.91. The average Bonchev–Trinajstić information content (AvgIpc) is 3.41. The number of hydrogen-bond acceptors (Lipinski definition) is 19. The third kappa shape index (κ3) is 16.9. The number of hydrogen-bond donors (Lipinski definition) is 4. The van der Waals surface area contributed by atoms with E-state index in [2.05, 4.69) is 36.2 Å². The first-order valence-corrected chi connectivity index (χ1v) is 31.2. The first-order chi connectivity index (χ1) is 36.7. The Morgan fingerprint density at radius 3 is 1.66 bits per heavy atom. The van der Waals surface area contributed by atoms with Gasteiger partial charge in [0.2, 0.25) is 45.7 Å². The van der Waals surface area contributed by atoms with Crippen molar-refractivity contribution in [2.45, 2.75) is 57.0 Å². The molecule has 2 aromatic carbocycles. The molecule has 0 aliphatic carbocycles. The lowest BCUT2D eigenvalue weighted by Crippen LogP contribution is -2.57. The summed E-state index contributed by atoms with van der Waals surface area (Å²) in [4.78, 5) is 160. The molecule has 0 spiro atoms. The molecule has 0 saturated carbocycles. The van der Waals surface area contributed by atoms with Crippen LogP contribution in [-0.4, -0.2) is 218 Å². The molecule has 2 fully saturated rings. The number of nitrogens with zero attached hydrogens (tertiary/aromatic N) is 7. The van der Waals surface area contributed by atoms with E-state index in [1.54, 1.807) is 62.8 Å². The van der Waals surface area contributed by atoms with Crippen LogP contribution in [0.5, 0.6) is 0 Å². The molecule has 2 saturated heterocycles. The predicted octanol–water partition coefficient (Wildman–Crippen LogP) is 2.45. The van der Waals surface area contributed by atoms with E-state index in [1.807, 2.05) is 19.1 Å². The molecule has 0 radical (unpaired) electrons. The molecule has 414 valence electrons. The van der Waals surface area contributed by atoms with Crippen LogP contribution in [0.4, 0.5) is 5.69 Å². The zero-order valence-electron chi connectivity index (χ0n) is 44.1. The highest BCUT2D eigenvalue weighted by Gasteiger charge is 2.39. The normalized spacial score (nSPS) is 22.7. The predicted molar refractivity (Wildman–Crippen MR) is 309 cm³/mol. The molecule has 6 atom stereocenters. The molecule has 2 unspecified atom stereocenters. The fraction of sp³-hybridized carbons (Fsp3) is 0.460. The summed E-state index contributed by atoms with van der Waals surface area (Å²) in [5.74, 6) is -6.56. The number of aromatic nitrogens is 2. The van der Waals surface area contributed by atoms with Gasteiger partial charge >= 0.3 is 0 Å². The van der Waals surface area contributed by atoms with Crippen LogP contribution in [0.15, 0.2) is 70.9 Å². The Morgan fingerprint density at radius 1 is 0.688 bits per heavy atom. The van der Waals surface area contributed by atoms with Crippen LogP contribution in [0.1, 0.15) is 29.9 Å². The van der Waals surface area contributed by atoms with Crippen LogP contribution < -0.4 is 21.3 Å². The Hall–Kier alpha value is -5.61. The van der Waals surface area contributed by atoms with Crippen molar-refractivity contribution in [1.82, 2.24) is 50.8 Å². The van der Waals surface area contributed by atoms with Gasteiger partial charge in [-0.2, -0.15) is 23.5 Å². The van der Waals surface area contributed by atoms with E-state index >= 15 is 0 Å². The molecule has 21 nitrogen and oxygen atoms in total. The van der Waals surface area contributed by atoms with Crippen molar-refractivity contribution < 1.29 is 47.9 Å². The molecular weight excluding hydrogens is 1110 g/mol. The lowest BCUT2D eigenvalue weighted by atomic mass is 10.1. The van der Waals surface area contributed by atoms with Crippen molar-refractivity contribution in [3.63, 3.8) is 0 Å². The number of allylic oxidation sites excluding steroid dienone is 1. The Labute approximate surface area is 472 Å². The van der Waals surface area contributed by atoms with Crippen LogP contribution in [0.2, 0.25) is 0 Å². The zero-order chi connectivity index (χ0) is 56.5. The van der Waals surface area contributed by atoms with Crippen molar-refractivity contribution in [3.8, 4) is 0 Å². The van der Waals surface area contributed by atoms with Gasteiger partial charge in [-0.05, 0) is 57.0 Å². The standard InChI is InChI=1S/C50H63N11O10S6/c1-28(2)30(18-51-31-15-11-10-14-29(31)3)43(64)56-35-22-74-49(70)39(24-72-8)60(6)47(68)38-27-77-76-26-37(58(4)41(62)20-53-44(35)65)48(69)61(7)40(25-73-9)50(71)75-23-36(45(66)54-21-42(63)59(38)5)57-46(67)34-19-52-32-16-12-13-17-33(32)55-34/h10-19,35-40H,20-27H2,1-9H3,(H,53,65)(H,54,66)(H,56,64)(H,57,67)/t35-,36-,37?,38?,39+,40+/m1/s1. The van der Waals surface area contributed by atoms with Gasteiger partial charge < -0.3 is 40.9 Å². The number of thioether (sulfide) groups is 4. The van der Waals surface area contributed by atoms with Crippen molar-refractivity contribution in [3.05, 3.63) is 77.1 Å². The largest absolute Gasteiger partial charge is 0.345 e. The second kappa shape index (κ2) is 29.9. The Bertz CT molecular complexity index is 2780. The topological polar surface area (TPSA) is 270 Å². The van der Waals surface area contributed by atoms with Crippen LogP contribution in [0.25, 0.3) is 11.0 Å². The fourth-order valence-corrected chi connectivity index (χ4v) is 13.7. The first-order valence-electron chi connectivity index (χ1n) is 23.9. The Balaban J connectivity index is 1.53. The third-order valence-electron chi connectivity index (χ3n) is 12.4. The van der Waals surface area contributed by atoms with Crippen LogP contribution >= 0.6 is 68.6 Å². The molecule has 3 aromatic rings. The summed E-state index contributed by atoms with van der Waals surface area (Å²) in [6, 6.07) is 6.57. The number of aryl methyl sites for hydroxylation is 1. The van der Waals surface area contributed by atoms with Crippen LogP contribution in [0.3, 0.4) is 0 Å². The van der Waals surface area contributed by atoms with E-state index in [1.165, 1.54) is 73.9 Å². The van der Waals surface area contributed by atoms with Gasteiger partial charge in [-0.1, -0.05) is 81.0 Å². The van der Waals surface area contributed by atoms with Gasteiger partial charge in [0.05, 0.1) is 41.6 Å². The molecule has 2 bridgehead atoms. The second-order valence-corrected chi connectivity index (χ2v) is 24.3. The Morgan fingerprint density at radius 2 is 1.17 bits per heavy atom. The number of amides is 8. The molecule has 77 heavy (non-hydrogen) atoms. The Kier molecular flexibility index (Phi) is 24.2. The molecule has 5 rings (SSSR count). The number of nitrogens with one attached hydrogen (secondary N) is 4. The third-order valence-corrected chi connectivity index (χ3v) is 18.2. The fourth-order valence-electron chi connectivity index (χ4n) is 7.54. The molecule has 2 aliphatic rings. The SMILES string of the molecule is CSC[C@H]1C(=O)SC[C@@H](NC(=O)c2cnc3ccccc3n2)C(=O)NCC(=O)N(C)C2CSSCC(C(=O)N1C)N(C)C(=O)CNC(=O)[C@H](NC(=O)C(C=Nc1ccccc1C)=C(C)C)CSC(=O)[C@H](CSC)N(C)C2=O. The van der Waals surface area contributed by atoms with Crippen molar-refractivity contribution in [2.24, 2.45) is 4.99 Å². The summed E-state index contributed by atoms with van der Waals surface area (Å²) in [7, 11) is 7.82. The second-order valence-electron chi connectivity index (χ2n) is 17.9. The van der Waals surface area contributed by atoms with Gasteiger partial charge in [-0.25, -0.2) is 4.98 Å². The summed E-state index contributed by atoms with van der Waals surface area (Å²) < 4.78 is 0. The molecule has 27 heteroatoms. The highest BCUT2D eigenvalue weighted by Crippen LogP contribution is 2.29. The lowest BCUT2D eigenvalue weighted by molar-refractivity contribution is -0.145. The quantitative estimate of drug-likeness (QED) is 0.129. The minimum absolute atomic E-state index is 0.0912. The summed E-state index contributed by atoms with van der Waals surface area (Å²) in [6.45, 7) is 3.98. The molecule has 2 aliphatic heterocycles. The minimum atomic E-state index is -1.44. The minimum Gasteiger partial charge on any atom is -0.345 e. The van der Waals surface area contributed by atoms with E-state index in [-0.39, 0.29) is 45.8 Å². The van der Waals surface area contributed by atoms with Gasteiger partial charge in [-0.3, -0.25) is 57.9 Å². The maximum Gasteiger partial charge on any atom is 0.272 e. The molecular formula is C50H63N11O10S6. The molecule has 4 N–H and O–H groups in total. The van der Waals surface area contributed by atoms with E-state index in [0.29, 0.717) is 45.8 Å². The van der Waals surface area contributed by atoms with Gasteiger partial charge in [0.1, 0.15) is 41.9 Å². The number of fused-ring (bicyclic) bond motifs is 6. The van der Waals surface area contributed by atoms with E-state index in [4.69, 9.17) is 0 Å². The smallest absolute Gasteiger partial charge is 0.272 e. The first kappa shape index (κ1) is 62.2. The maximum atomic E-state index is 14.8. The summed E-state index contributed by atoms with van der Waals surface area (Å²) in [5.41, 5.74) is 3.00. The highest BCUT2D eigenvalue weighted by atomic mass is 33.1.